The summed E-state index contributed by atoms with van der Waals surface area (Å²) in [7, 11) is 0. The highest BCUT2D eigenvalue weighted by Gasteiger charge is 2.20. The zero-order valence-corrected chi connectivity index (χ0v) is 27.7. The molecule has 0 fully saturated rings. The number of hydrogen-bond acceptors (Lipinski definition) is 1. The fourth-order valence-corrected chi connectivity index (χ4v) is 8.55. The highest BCUT2D eigenvalue weighted by Crippen LogP contribution is 2.47. The van der Waals surface area contributed by atoms with Gasteiger partial charge in [0.05, 0.1) is 0 Å². The third-order valence-electron chi connectivity index (χ3n) is 10.8. The fraction of sp³-hybridized carbons (Fsp3) is 0. The monoisotopic (exact) mass is 646 g/mol. The highest BCUT2D eigenvalue weighted by molar-refractivity contribution is 6.25. The van der Waals surface area contributed by atoms with Gasteiger partial charge in [0.2, 0.25) is 0 Å². The quantitative estimate of drug-likeness (QED) is 0.138. The van der Waals surface area contributed by atoms with Crippen molar-refractivity contribution in [2.24, 2.45) is 0 Å². The Morgan fingerprint density at radius 1 is 0.255 bits per heavy atom. The molecule has 1 heterocycles. The van der Waals surface area contributed by atoms with Crippen LogP contribution in [0.15, 0.2) is 186 Å². The minimum Gasteiger partial charge on any atom is -0.456 e. The first-order valence-corrected chi connectivity index (χ1v) is 17.6. The van der Waals surface area contributed by atoms with Crippen molar-refractivity contribution in [1.82, 2.24) is 0 Å². The summed E-state index contributed by atoms with van der Waals surface area (Å²) in [6.45, 7) is 0. The van der Waals surface area contributed by atoms with Crippen LogP contribution in [0.1, 0.15) is 0 Å². The van der Waals surface area contributed by atoms with E-state index >= 15 is 0 Å². The second kappa shape index (κ2) is 10.9. The van der Waals surface area contributed by atoms with Crippen LogP contribution in [-0.2, 0) is 0 Å². The Kier molecular flexibility index (Phi) is 6.02. The van der Waals surface area contributed by atoms with Crippen molar-refractivity contribution in [2.45, 2.75) is 0 Å². The van der Waals surface area contributed by atoms with Crippen molar-refractivity contribution in [3.63, 3.8) is 0 Å². The molecule has 1 heteroatoms. The van der Waals surface area contributed by atoms with Crippen LogP contribution in [0.2, 0.25) is 0 Å². The molecule has 0 unspecified atom stereocenters. The van der Waals surface area contributed by atoms with E-state index in [1.807, 2.05) is 12.1 Å². The van der Waals surface area contributed by atoms with Gasteiger partial charge in [-0.25, -0.2) is 0 Å². The maximum Gasteiger partial charge on any atom is 0.135 e. The third-order valence-corrected chi connectivity index (χ3v) is 10.8. The Morgan fingerprint density at radius 2 is 0.725 bits per heavy atom. The van der Waals surface area contributed by atoms with E-state index in [0.29, 0.717) is 0 Å². The van der Waals surface area contributed by atoms with Gasteiger partial charge in [0.1, 0.15) is 11.2 Å². The SMILES string of the molecule is c1ccc2c(c1)ccc1ccc(-c3c4ccccc4c(-c4ccc(-c5ccc6oc7ccccc7c6c5)c5ccccc45)c4ccccc34)cc12. The molecule has 0 saturated carbocycles. The number of hydrogen-bond donors (Lipinski definition) is 0. The van der Waals surface area contributed by atoms with Gasteiger partial charge in [-0.05, 0) is 112 Å². The minimum atomic E-state index is 0.915. The maximum absolute atomic E-state index is 6.17. The molecule has 1 aromatic heterocycles. The Labute approximate surface area is 294 Å². The fourth-order valence-electron chi connectivity index (χ4n) is 8.55. The van der Waals surface area contributed by atoms with Crippen molar-refractivity contribution in [3.8, 4) is 33.4 Å². The van der Waals surface area contributed by atoms with E-state index in [1.54, 1.807) is 0 Å². The molecular formula is C50H30O. The number of rotatable bonds is 3. The van der Waals surface area contributed by atoms with Gasteiger partial charge in [-0.15, -0.1) is 0 Å². The lowest BCUT2D eigenvalue weighted by molar-refractivity contribution is 0.669. The second-order valence-electron chi connectivity index (χ2n) is 13.6. The summed E-state index contributed by atoms with van der Waals surface area (Å²) in [5.74, 6) is 0. The van der Waals surface area contributed by atoms with E-state index < -0.39 is 0 Å². The molecular weight excluding hydrogens is 617 g/mol. The van der Waals surface area contributed by atoms with Gasteiger partial charge in [0.15, 0.2) is 0 Å². The normalized spacial score (nSPS) is 11.9. The molecule has 0 bridgehead atoms. The molecule has 1 nitrogen and oxygen atoms in total. The van der Waals surface area contributed by atoms with Gasteiger partial charge in [-0.2, -0.15) is 0 Å². The molecule has 0 aliphatic carbocycles. The van der Waals surface area contributed by atoms with Gasteiger partial charge >= 0.3 is 0 Å². The van der Waals surface area contributed by atoms with E-state index in [9.17, 15) is 0 Å². The van der Waals surface area contributed by atoms with Gasteiger partial charge in [0.25, 0.3) is 0 Å². The predicted molar refractivity (Wildman–Crippen MR) is 218 cm³/mol. The Balaban J connectivity index is 1.17. The first kappa shape index (κ1) is 28.2. The number of para-hydroxylation sites is 1. The van der Waals surface area contributed by atoms with Gasteiger partial charge in [-0.1, -0.05) is 158 Å². The van der Waals surface area contributed by atoms with Crippen molar-refractivity contribution >= 4 is 75.8 Å². The van der Waals surface area contributed by atoms with E-state index in [4.69, 9.17) is 4.42 Å². The zero-order valence-electron chi connectivity index (χ0n) is 27.7. The van der Waals surface area contributed by atoms with Gasteiger partial charge < -0.3 is 4.42 Å². The molecule has 0 amide bonds. The maximum atomic E-state index is 6.17. The Hall–Kier alpha value is -6.70. The standard InChI is InChI=1S/C50H30O/c1-2-12-35-31(11-1)21-22-32-23-24-34(30-45(32)35)49-40-16-5-7-18-42(40)50(43-19-8-6-17-41(43)49)44-27-26-36(37-13-3-4-14-38(37)44)33-25-28-48-46(29-33)39-15-9-10-20-47(39)51-48/h1-30H. The summed E-state index contributed by atoms with van der Waals surface area (Å²) in [5.41, 5.74) is 9.27. The lowest BCUT2D eigenvalue weighted by Gasteiger charge is -2.20. The molecule has 0 saturated heterocycles. The predicted octanol–water partition coefficient (Wildman–Crippen LogP) is 14.4. The molecule has 11 rings (SSSR count). The summed E-state index contributed by atoms with van der Waals surface area (Å²) < 4.78 is 6.17. The Morgan fingerprint density at radius 3 is 1.45 bits per heavy atom. The molecule has 0 N–H and O–H groups in total. The van der Waals surface area contributed by atoms with Gasteiger partial charge in [-0.3, -0.25) is 0 Å². The number of furan rings is 1. The summed E-state index contributed by atoms with van der Waals surface area (Å²) in [6, 6.07) is 66.5. The summed E-state index contributed by atoms with van der Waals surface area (Å²) in [4.78, 5) is 0. The van der Waals surface area contributed by atoms with Crippen molar-refractivity contribution in [2.75, 3.05) is 0 Å². The number of fused-ring (bicyclic) bond motifs is 9. The van der Waals surface area contributed by atoms with Crippen LogP contribution in [0.4, 0.5) is 0 Å². The first-order chi connectivity index (χ1) is 25.3. The van der Waals surface area contributed by atoms with E-state index in [-0.39, 0.29) is 0 Å². The van der Waals surface area contributed by atoms with Crippen LogP contribution < -0.4 is 0 Å². The first-order valence-electron chi connectivity index (χ1n) is 17.6. The molecule has 236 valence electrons. The van der Waals surface area contributed by atoms with Crippen LogP contribution in [0.25, 0.3) is 109 Å². The zero-order chi connectivity index (χ0) is 33.5. The topological polar surface area (TPSA) is 13.1 Å². The van der Waals surface area contributed by atoms with Crippen LogP contribution in [0.3, 0.4) is 0 Å². The lowest BCUT2D eigenvalue weighted by atomic mass is 9.83. The van der Waals surface area contributed by atoms with Crippen molar-refractivity contribution in [1.29, 1.82) is 0 Å². The molecule has 0 atom stereocenters. The summed E-state index contributed by atoms with van der Waals surface area (Å²) in [6.07, 6.45) is 0. The molecule has 0 aliphatic heterocycles. The summed E-state index contributed by atoms with van der Waals surface area (Å²) in [5, 5.41) is 14.9. The van der Waals surface area contributed by atoms with Crippen molar-refractivity contribution < 1.29 is 4.42 Å². The lowest BCUT2D eigenvalue weighted by Crippen LogP contribution is -1.92. The molecule has 0 radical (unpaired) electrons. The molecule has 51 heavy (non-hydrogen) atoms. The van der Waals surface area contributed by atoms with Crippen LogP contribution in [0, 0.1) is 0 Å². The van der Waals surface area contributed by atoms with E-state index in [1.165, 1.54) is 87.2 Å². The van der Waals surface area contributed by atoms with E-state index in [2.05, 4.69) is 170 Å². The largest absolute Gasteiger partial charge is 0.456 e. The third kappa shape index (κ3) is 4.22. The van der Waals surface area contributed by atoms with E-state index in [0.717, 1.165) is 21.9 Å². The molecule has 0 aliphatic rings. The number of benzene rings is 10. The second-order valence-corrected chi connectivity index (χ2v) is 13.6. The van der Waals surface area contributed by atoms with Crippen molar-refractivity contribution in [3.05, 3.63) is 182 Å². The summed E-state index contributed by atoms with van der Waals surface area (Å²) >= 11 is 0. The molecule has 11 aromatic rings. The van der Waals surface area contributed by atoms with Gasteiger partial charge in [0, 0.05) is 10.8 Å². The van der Waals surface area contributed by atoms with Crippen LogP contribution in [-0.4, -0.2) is 0 Å². The Bertz CT molecular complexity index is 3140. The highest BCUT2D eigenvalue weighted by atomic mass is 16.3. The van der Waals surface area contributed by atoms with Crippen LogP contribution >= 0.6 is 0 Å². The molecule has 0 spiro atoms. The van der Waals surface area contributed by atoms with Crippen LogP contribution in [0.5, 0.6) is 0 Å². The minimum absolute atomic E-state index is 0.915. The molecule has 10 aromatic carbocycles. The average Bonchev–Trinajstić information content (AvgIpc) is 3.57. The average molecular weight is 647 g/mol. The smallest absolute Gasteiger partial charge is 0.135 e.